The summed E-state index contributed by atoms with van der Waals surface area (Å²) in [6.07, 6.45) is 1.53. The molecule has 0 bridgehead atoms. The van der Waals surface area contributed by atoms with Crippen LogP contribution in [0.4, 0.5) is 4.79 Å². The zero-order valence-electron chi connectivity index (χ0n) is 15.3. The van der Waals surface area contributed by atoms with Gasteiger partial charge in [0.05, 0.1) is 12.1 Å². The van der Waals surface area contributed by atoms with Gasteiger partial charge >= 0.3 is 6.09 Å². The summed E-state index contributed by atoms with van der Waals surface area (Å²) in [7, 11) is 0. The van der Waals surface area contributed by atoms with Gasteiger partial charge in [-0.05, 0) is 45.7 Å². The van der Waals surface area contributed by atoms with Gasteiger partial charge < -0.3 is 20.5 Å². The van der Waals surface area contributed by atoms with Crippen LogP contribution in [0.5, 0.6) is 0 Å². The number of aliphatic hydroxyl groups is 1. The fourth-order valence-corrected chi connectivity index (χ4v) is 2.30. The minimum absolute atomic E-state index is 0.406. The molecule has 0 unspecified atom stereocenters. The maximum Gasteiger partial charge on any atom is 0.407 e. The normalized spacial score (nSPS) is 14.0. The van der Waals surface area contributed by atoms with Crippen molar-refractivity contribution in [1.82, 2.24) is 10.6 Å². The third-order valence-corrected chi connectivity index (χ3v) is 3.53. The number of benzene rings is 1. The lowest BCUT2D eigenvalue weighted by Gasteiger charge is -2.27. The number of carbonyl (C=O) groups excluding carboxylic acids is 1. The van der Waals surface area contributed by atoms with Gasteiger partial charge in [-0.3, -0.25) is 0 Å². The van der Waals surface area contributed by atoms with E-state index in [0.29, 0.717) is 13.0 Å². The fourth-order valence-electron chi connectivity index (χ4n) is 2.30. The predicted octanol–water partition coefficient (Wildman–Crippen LogP) is 2.87. The van der Waals surface area contributed by atoms with Crippen molar-refractivity contribution in [2.75, 3.05) is 13.1 Å². The first-order valence-electron chi connectivity index (χ1n) is 8.74. The van der Waals surface area contributed by atoms with Crippen LogP contribution in [0.25, 0.3) is 0 Å². The third kappa shape index (κ3) is 8.89. The molecule has 0 aromatic heterocycles. The Labute approximate surface area is 145 Å². The average Bonchev–Trinajstić information content (AvgIpc) is 2.50. The molecule has 0 saturated heterocycles. The molecule has 3 N–H and O–H groups in total. The lowest BCUT2D eigenvalue weighted by molar-refractivity contribution is 0.0422. The second-order valence-corrected chi connectivity index (χ2v) is 7.07. The fraction of sp³-hybridized carbons (Fsp3) is 0.632. The first kappa shape index (κ1) is 20.5. The molecule has 136 valence electrons. The molecule has 0 heterocycles. The Morgan fingerprint density at radius 3 is 2.50 bits per heavy atom. The molecule has 0 fully saturated rings. The Kier molecular flexibility index (Phi) is 8.79. The number of hydrogen-bond donors (Lipinski definition) is 3. The Balaban J connectivity index is 2.65. The number of rotatable bonds is 9. The van der Waals surface area contributed by atoms with E-state index in [-0.39, 0.29) is 0 Å². The van der Waals surface area contributed by atoms with E-state index < -0.39 is 23.8 Å². The van der Waals surface area contributed by atoms with Crippen LogP contribution in [0.3, 0.4) is 0 Å². The van der Waals surface area contributed by atoms with Crippen molar-refractivity contribution >= 4 is 6.09 Å². The van der Waals surface area contributed by atoms with Crippen LogP contribution in [0.1, 0.15) is 46.1 Å². The number of amides is 1. The molecule has 0 radical (unpaired) electrons. The van der Waals surface area contributed by atoms with E-state index >= 15 is 0 Å². The van der Waals surface area contributed by atoms with Gasteiger partial charge in [0, 0.05) is 6.54 Å². The minimum atomic E-state index is -0.686. The number of alkyl carbamates (subject to hydrolysis) is 1. The van der Waals surface area contributed by atoms with Crippen molar-refractivity contribution in [3.63, 3.8) is 0 Å². The maximum atomic E-state index is 12.1. The van der Waals surface area contributed by atoms with Crippen LogP contribution in [0.2, 0.25) is 0 Å². The first-order chi connectivity index (χ1) is 11.3. The van der Waals surface area contributed by atoms with Crippen molar-refractivity contribution in [2.45, 2.75) is 64.7 Å². The van der Waals surface area contributed by atoms with E-state index in [0.717, 1.165) is 24.9 Å². The third-order valence-electron chi connectivity index (χ3n) is 3.53. The maximum absolute atomic E-state index is 12.1. The summed E-state index contributed by atoms with van der Waals surface area (Å²) in [5, 5.41) is 16.5. The largest absolute Gasteiger partial charge is 0.444 e. The van der Waals surface area contributed by atoms with E-state index in [4.69, 9.17) is 4.74 Å². The molecule has 1 amide bonds. The van der Waals surface area contributed by atoms with E-state index in [2.05, 4.69) is 17.6 Å². The zero-order chi connectivity index (χ0) is 18.0. The summed E-state index contributed by atoms with van der Waals surface area (Å²) >= 11 is 0. The monoisotopic (exact) mass is 336 g/mol. The summed E-state index contributed by atoms with van der Waals surface area (Å²) in [6.45, 7) is 8.89. The number of ether oxygens (including phenoxy) is 1. The molecule has 0 saturated carbocycles. The van der Waals surface area contributed by atoms with Crippen molar-refractivity contribution in [3.05, 3.63) is 35.9 Å². The molecule has 0 spiro atoms. The second-order valence-electron chi connectivity index (χ2n) is 7.07. The van der Waals surface area contributed by atoms with Gasteiger partial charge in [-0.1, -0.05) is 43.7 Å². The average molecular weight is 336 g/mol. The molecular weight excluding hydrogens is 304 g/mol. The molecule has 2 atom stereocenters. The topological polar surface area (TPSA) is 70.6 Å². The van der Waals surface area contributed by atoms with Crippen molar-refractivity contribution in [3.8, 4) is 0 Å². The second kappa shape index (κ2) is 10.3. The summed E-state index contributed by atoms with van der Waals surface area (Å²) in [4.78, 5) is 12.1. The summed E-state index contributed by atoms with van der Waals surface area (Å²) < 4.78 is 5.32. The molecule has 0 aliphatic carbocycles. The molecule has 0 aliphatic rings. The molecule has 5 heteroatoms. The van der Waals surface area contributed by atoms with Gasteiger partial charge in [-0.25, -0.2) is 4.79 Å². The highest BCUT2D eigenvalue weighted by Gasteiger charge is 2.24. The molecule has 0 aliphatic heterocycles. The smallest absolute Gasteiger partial charge is 0.407 e. The van der Waals surface area contributed by atoms with Gasteiger partial charge in [0.15, 0.2) is 0 Å². The van der Waals surface area contributed by atoms with Gasteiger partial charge in [-0.15, -0.1) is 0 Å². The number of hydrogen-bond acceptors (Lipinski definition) is 4. The Bertz CT molecular complexity index is 471. The van der Waals surface area contributed by atoms with Gasteiger partial charge in [0.2, 0.25) is 0 Å². The Hall–Kier alpha value is -1.59. The highest BCUT2D eigenvalue weighted by molar-refractivity contribution is 5.68. The van der Waals surface area contributed by atoms with E-state index in [1.165, 1.54) is 0 Å². The summed E-state index contributed by atoms with van der Waals surface area (Å²) in [5.74, 6) is 0. The quantitative estimate of drug-likeness (QED) is 0.607. The van der Waals surface area contributed by atoms with E-state index in [1.54, 1.807) is 0 Å². The van der Waals surface area contributed by atoms with Gasteiger partial charge in [0.25, 0.3) is 0 Å². The predicted molar refractivity (Wildman–Crippen MR) is 97.1 cm³/mol. The van der Waals surface area contributed by atoms with Crippen molar-refractivity contribution in [1.29, 1.82) is 0 Å². The lowest BCUT2D eigenvalue weighted by atomic mass is 10.0. The van der Waals surface area contributed by atoms with Crippen LogP contribution in [-0.2, 0) is 11.2 Å². The molecule has 5 nitrogen and oxygen atoms in total. The number of aliphatic hydroxyl groups excluding tert-OH is 1. The molecular formula is C19H32N2O3. The van der Waals surface area contributed by atoms with Crippen molar-refractivity contribution in [2.24, 2.45) is 0 Å². The highest BCUT2D eigenvalue weighted by atomic mass is 16.6. The molecule has 24 heavy (non-hydrogen) atoms. The van der Waals surface area contributed by atoms with Crippen LogP contribution < -0.4 is 10.6 Å². The van der Waals surface area contributed by atoms with Gasteiger partial charge in [-0.2, -0.15) is 0 Å². The minimum Gasteiger partial charge on any atom is -0.444 e. The highest BCUT2D eigenvalue weighted by Crippen LogP contribution is 2.10. The number of unbranched alkanes of at least 4 members (excludes halogenated alkanes) is 1. The van der Waals surface area contributed by atoms with Crippen LogP contribution in [0.15, 0.2) is 30.3 Å². The summed E-state index contributed by atoms with van der Waals surface area (Å²) in [5.41, 5.74) is 0.497. The summed E-state index contributed by atoms with van der Waals surface area (Å²) in [6, 6.07) is 9.42. The molecule has 1 aromatic rings. The van der Waals surface area contributed by atoms with Crippen LogP contribution >= 0.6 is 0 Å². The zero-order valence-corrected chi connectivity index (χ0v) is 15.3. The van der Waals surface area contributed by atoms with Gasteiger partial charge in [0.1, 0.15) is 5.60 Å². The van der Waals surface area contributed by atoms with E-state index in [9.17, 15) is 9.90 Å². The Morgan fingerprint density at radius 2 is 1.92 bits per heavy atom. The molecule has 1 aromatic carbocycles. The lowest BCUT2D eigenvalue weighted by Crippen LogP contribution is -2.50. The van der Waals surface area contributed by atoms with E-state index in [1.807, 2.05) is 51.1 Å². The van der Waals surface area contributed by atoms with Crippen LogP contribution in [-0.4, -0.2) is 42.0 Å². The van der Waals surface area contributed by atoms with Crippen molar-refractivity contribution < 1.29 is 14.6 Å². The Morgan fingerprint density at radius 1 is 1.25 bits per heavy atom. The number of carbonyl (C=O) groups is 1. The molecule has 1 rings (SSSR count). The standard InChI is InChI=1S/C19H32N2O3/c1-5-6-12-20-14-17(22)16(13-15-10-8-7-9-11-15)21-18(23)24-19(2,3)4/h7-11,16-17,20,22H,5-6,12-14H2,1-4H3,(H,21,23)/t16-,17-/m0/s1. The number of nitrogens with one attached hydrogen (secondary N) is 2. The SMILES string of the molecule is CCCCNC[C@H](O)[C@H](Cc1ccccc1)NC(=O)OC(C)(C)C. The van der Waals surface area contributed by atoms with Crippen LogP contribution in [0, 0.1) is 0 Å². The first-order valence-corrected chi connectivity index (χ1v) is 8.74.